The Labute approximate surface area is 105 Å². The highest BCUT2D eigenvalue weighted by Gasteiger charge is 2.24. The number of rotatable bonds is 3. The van der Waals surface area contributed by atoms with Gasteiger partial charge in [0, 0.05) is 12.2 Å². The minimum atomic E-state index is -0.0375. The zero-order valence-corrected chi connectivity index (χ0v) is 10.1. The van der Waals surface area contributed by atoms with E-state index >= 15 is 0 Å². The number of methoxy groups -OCH3 is 1. The van der Waals surface area contributed by atoms with Gasteiger partial charge in [0.2, 0.25) is 5.82 Å². The summed E-state index contributed by atoms with van der Waals surface area (Å²) in [4.78, 5) is 4.37. The molecule has 1 saturated heterocycles. The van der Waals surface area contributed by atoms with Crippen LogP contribution < -0.4 is 4.74 Å². The molecule has 5 nitrogen and oxygen atoms in total. The van der Waals surface area contributed by atoms with E-state index in [1.807, 2.05) is 24.3 Å². The second-order valence-electron chi connectivity index (χ2n) is 4.19. The number of hydrogen-bond acceptors (Lipinski definition) is 5. The quantitative estimate of drug-likeness (QED) is 0.833. The second kappa shape index (κ2) is 4.78. The molecule has 1 fully saturated rings. The third kappa shape index (κ3) is 2.09. The van der Waals surface area contributed by atoms with E-state index in [-0.39, 0.29) is 6.10 Å². The van der Waals surface area contributed by atoms with Gasteiger partial charge in [-0.1, -0.05) is 5.16 Å². The fourth-order valence-electron chi connectivity index (χ4n) is 2.00. The van der Waals surface area contributed by atoms with E-state index in [1.54, 1.807) is 7.11 Å². The molecule has 1 aromatic carbocycles. The first-order chi connectivity index (χ1) is 8.86. The maximum absolute atomic E-state index is 5.51. The molecule has 5 heteroatoms. The molecule has 18 heavy (non-hydrogen) atoms. The van der Waals surface area contributed by atoms with Crippen LogP contribution in [0.3, 0.4) is 0 Å². The first-order valence-corrected chi connectivity index (χ1v) is 5.96. The van der Waals surface area contributed by atoms with Crippen molar-refractivity contribution < 1.29 is 14.0 Å². The molecule has 1 aliphatic rings. The summed E-state index contributed by atoms with van der Waals surface area (Å²) in [5.41, 5.74) is 0.906. The van der Waals surface area contributed by atoms with E-state index < -0.39 is 0 Å². The zero-order valence-electron chi connectivity index (χ0n) is 10.1. The Morgan fingerprint density at radius 1 is 1.28 bits per heavy atom. The molecule has 0 spiro atoms. The van der Waals surface area contributed by atoms with E-state index in [2.05, 4.69) is 10.1 Å². The number of nitrogens with zero attached hydrogens (tertiary/aromatic N) is 2. The first kappa shape index (κ1) is 11.2. The summed E-state index contributed by atoms with van der Waals surface area (Å²) >= 11 is 0. The normalized spacial score (nSPS) is 19.1. The standard InChI is InChI=1S/C13H14N2O3/c1-16-10-6-4-9(5-7-10)12-14-13(18-15-12)11-3-2-8-17-11/h4-7,11H,2-3,8H2,1H3. The Balaban J connectivity index is 1.82. The van der Waals surface area contributed by atoms with Crippen LogP contribution in [0.2, 0.25) is 0 Å². The Morgan fingerprint density at radius 3 is 2.78 bits per heavy atom. The number of hydrogen-bond donors (Lipinski definition) is 0. The molecule has 0 aliphatic carbocycles. The molecule has 1 aromatic heterocycles. The van der Waals surface area contributed by atoms with Gasteiger partial charge < -0.3 is 14.0 Å². The van der Waals surface area contributed by atoms with Gasteiger partial charge in [0.15, 0.2) is 0 Å². The monoisotopic (exact) mass is 246 g/mol. The summed E-state index contributed by atoms with van der Waals surface area (Å²) in [6.45, 7) is 0.769. The van der Waals surface area contributed by atoms with E-state index in [4.69, 9.17) is 14.0 Å². The van der Waals surface area contributed by atoms with Crippen LogP contribution in [0.4, 0.5) is 0 Å². The van der Waals surface area contributed by atoms with Crippen molar-refractivity contribution >= 4 is 0 Å². The third-order valence-corrected chi connectivity index (χ3v) is 3.00. The van der Waals surface area contributed by atoms with Crippen molar-refractivity contribution in [1.29, 1.82) is 0 Å². The van der Waals surface area contributed by atoms with Gasteiger partial charge in [-0.05, 0) is 37.1 Å². The fourth-order valence-corrected chi connectivity index (χ4v) is 2.00. The van der Waals surface area contributed by atoms with Gasteiger partial charge in [-0.15, -0.1) is 0 Å². The highest BCUT2D eigenvalue weighted by Crippen LogP contribution is 2.29. The predicted octanol–water partition coefficient (Wildman–Crippen LogP) is 2.60. The largest absolute Gasteiger partial charge is 0.497 e. The predicted molar refractivity (Wildman–Crippen MR) is 64.2 cm³/mol. The van der Waals surface area contributed by atoms with Crippen LogP contribution in [-0.4, -0.2) is 23.9 Å². The Bertz CT molecular complexity index is 515. The van der Waals surface area contributed by atoms with Crippen molar-refractivity contribution in [1.82, 2.24) is 10.1 Å². The maximum Gasteiger partial charge on any atom is 0.256 e. The van der Waals surface area contributed by atoms with Crippen molar-refractivity contribution in [3.63, 3.8) is 0 Å². The summed E-state index contributed by atoms with van der Waals surface area (Å²) in [6, 6.07) is 7.56. The summed E-state index contributed by atoms with van der Waals surface area (Å²) in [6.07, 6.45) is 1.96. The lowest BCUT2D eigenvalue weighted by atomic mass is 10.2. The second-order valence-corrected chi connectivity index (χ2v) is 4.19. The van der Waals surface area contributed by atoms with Crippen LogP contribution in [0, 0.1) is 0 Å². The van der Waals surface area contributed by atoms with Crippen molar-refractivity contribution in [3.05, 3.63) is 30.2 Å². The summed E-state index contributed by atoms with van der Waals surface area (Å²) in [5.74, 6) is 1.96. The fraction of sp³-hybridized carbons (Fsp3) is 0.385. The molecule has 0 radical (unpaired) electrons. The molecule has 94 valence electrons. The molecule has 2 aromatic rings. The third-order valence-electron chi connectivity index (χ3n) is 3.00. The summed E-state index contributed by atoms with van der Waals surface area (Å²) in [7, 11) is 1.64. The minimum Gasteiger partial charge on any atom is -0.497 e. The summed E-state index contributed by atoms with van der Waals surface area (Å²) in [5, 5.41) is 3.98. The van der Waals surface area contributed by atoms with Gasteiger partial charge >= 0.3 is 0 Å². The molecular formula is C13H14N2O3. The highest BCUT2D eigenvalue weighted by atomic mass is 16.5. The zero-order chi connectivity index (χ0) is 12.4. The Morgan fingerprint density at radius 2 is 2.11 bits per heavy atom. The molecule has 1 aliphatic heterocycles. The average molecular weight is 246 g/mol. The van der Waals surface area contributed by atoms with Gasteiger partial charge in [-0.2, -0.15) is 4.98 Å². The van der Waals surface area contributed by atoms with Crippen LogP contribution in [0.5, 0.6) is 5.75 Å². The van der Waals surface area contributed by atoms with E-state index in [0.29, 0.717) is 11.7 Å². The van der Waals surface area contributed by atoms with Crippen molar-refractivity contribution in [3.8, 4) is 17.1 Å². The van der Waals surface area contributed by atoms with Crippen molar-refractivity contribution in [2.24, 2.45) is 0 Å². The van der Waals surface area contributed by atoms with E-state index in [1.165, 1.54) is 0 Å². The van der Waals surface area contributed by atoms with Gasteiger partial charge in [0.05, 0.1) is 7.11 Å². The molecule has 1 unspecified atom stereocenters. The van der Waals surface area contributed by atoms with Gasteiger partial charge in [0.1, 0.15) is 11.9 Å². The van der Waals surface area contributed by atoms with Crippen molar-refractivity contribution in [2.45, 2.75) is 18.9 Å². The molecule has 2 heterocycles. The molecular weight excluding hydrogens is 232 g/mol. The van der Waals surface area contributed by atoms with Crippen LogP contribution >= 0.6 is 0 Å². The van der Waals surface area contributed by atoms with Crippen LogP contribution in [0.25, 0.3) is 11.4 Å². The average Bonchev–Trinajstić information content (AvgIpc) is 3.09. The number of benzene rings is 1. The molecule has 1 atom stereocenters. The van der Waals surface area contributed by atoms with E-state index in [0.717, 1.165) is 30.8 Å². The lowest BCUT2D eigenvalue weighted by Gasteiger charge is -2.01. The van der Waals surface area contributed by atoms with Crippen LogP contribution in [-0.2, 0) is 4.74 Å². The van der Waals surface area contributed by atoms with E-state index in [9.17, 15) is 0 Å². The molecule has 3 rings (SSSR count). The number of aromatic nitrogens is 2. The Kier molecular flexibility index (Phi) is 2.98. The SMILES string of the molecule is COc1ccc(-c2noc(C3CCCO3)n2)cc1. The molecule has 0 bridgehead atoms. The lowest BCUT2D eigenvalue weighted by molar-refractivity contribution is 0.0835. The topological polar surface area (TPSA) is 57.4 Å². The van der Waals surface area contributed by atoms with Crippen LogP contribution in [0.1, 0.15) is 24.8 Å². The summed E-state index contributed by atoms with van der Waals surface area (Å²) < 4.78 is 15.9. The maximum atomic E-state index is 5.51. The van der Waals surface area contributed by atoms with Crippen molar-refractivity contribution in [2.75, 3.05) is 13.7 Å². The minimum absolute atomic E-state index is 0.0375. The smallest absolute Gasteiger partial charge is 0.256 e. The van der Waals surface area contributed by atoms with Gasteiger partial charge in [-0.3, -0.25) is 0 Å². The Hall–Kier alpha value is -1.88. The molecule has 0 N–H and O–H groups in total. The van der Waals surface area contributed by atoms with Crippen LogP contribution in [0.15, 0.2) is 28.8 Å². The van der Waals surface area contributed by atoms with Gasteiger partial charge in [0.25, 0.3) is 5.89 Å². The van der Waals surface area contributed by atoms with Gasteiger partial charge in [-0.25, -0.2) is 0 Å². The lowest BCUT2D eigenvalue weighted by Crippen LogP contribution is -1.95. The highest BCUT2D eigenvalue weighted by molar-refractivity contribution is 5.55. The molecule has 0 amide bonds. The first-order valence-electron chi connectivity index (χ1n) is 5.96. The molecule has 0 saturated carbocycles. The number of ether oxygens (including phenoxy) is 2.